The number of phosphoric ester groups is 2. The number of phosphoric acid groups is 2. The molecule has 0 aromatic heterocycles. The number of hydrogen-bond acceptors (Lipinski definition) is 15. The zero-order valence-corrected chi connectivity index (χ0v) is 68.0. The maximum absolute atomic E-state index is 13.1. The van der Waals surface area contributed by atoms with Crippen LogP contribution in [0.3, 0.4) is 0 Å². The Morgan fingerprint density at radius 3 is 0.804 bits per heavy atom. The molecule has 0 heterocycles. The number of allylic oxidation sites excluding steroid dienone is 4. The molecule has 0 aliphatic carbocycles. The van der Waals surface area contributed by atoms with Gasteiger partial charge in [0.15, 0.2) is 12.2 Å². The van der Waals surface area contributed by atoms with Crippen LogP contribution in [0.4, 0.5) is 0 Å². The first-order valence-electron chi connectivity index (χ1n) is 42.5. The van der Waals surface area contributed by atoms with Crippen LogP contribution in [0.2, 0.25) is 0 Å². The van der Waals surface area contributed by atoms with Gasteiger partial charge in [-0.25, -0.2) is 9.13 Å². The summed E-state index contributed by atoms with van der Waals surface area (Å²) in [5, 5.41) is 10.6. The van der Waals surface area contributed by atoms with Gasteiger partial charge in [0.1, 0.15) is 19.3 Å². The molecule has 17 nitrogen and oxygen atoms in total. The summed E-state index contributed by atoms with van der Waals surface area (Å²) < 4.78 is 68.7. The lowest BCUT2D eigenvalue weighted by atomic mass is 10.0. The average Bonchev–Trinajstić information content (AvgIpc) is 0.911. The van der Waals surface area contributed by atoms with Crippen LogP contribution in [0.1, 0.15) is 420 Å². The number of rotatable bonds is 81. The molecule has 0 aliphatic heterocycles. The monoisotopic (exact) mass is 1490 g/mol. The summed E-state index contributed by atoms with van der Waals surface area (Å²) in [5.74, 6) is -1.46. The van der Waals surface area contributed by atoms with E-state index in [2.05, 4.69) is 58.9 Å². The van der Waals surface area contributed by atoms with Crippen molar-refractivity contribution in [3.8, 4) is 0 Å². The van der Waals surface area contributed by atoms with Crippen molar-refractivity contribution in [3.63, 3.8) is 0 Å². The normalized spacial score (nSPS) is 14.0. The van der Waals surface area contributed by atoms with E-state index < -0.39 is 97.5 Å². The highest BCUT2D eigenvalue weighted by Crippen LogP contribution is 2.45. The number of carbonyl (C=O) groups is 4. The lowest BCUT2D eigenvalue weighted by Crippen LogP contribution is -2.30. The van der Waals surface area contributed by atoms with Crippen LogP contribution in [0.5, 0.6) is 0 Å². The van der Waals surface area contributed by atoms with Crippen molar-refractivity contribution in [2.75, 3.05) is 39.6 Å². The predicted octanol–water partition coefficient (Wildman–Crippen LogP) is 24.8. The Morgan fingerprint density at radius 1 is 0.304 bits per heavy atom. The quantitative estimate of drug-likeness (QED) is 0.0169. The molecule has 602 valence electrons. The van der Waals surface area contributed by atoms with Crippen LogP contribution in [-0.4, -0.2) is 96.7 Å². The highest BCUT2D eigenvalue weighted by atomic mass is 31.2. The molecule has 0 spiro atoms. The van der Waals surface area contributed by atoms with E-state index in [1.807, 2.05) is 0 Å². The minimum Gasteiger partial charge on any atom is -0.462 e. The van der Waals surface area contributed by atoms with E-state index in [4.69, 9.17) is 37.0 Å². The summed E-state index contributed by atoms with van der Waals surface area (Å²) in [7, 11) is -9.93. The molecule has 2 unspecified atom stereocenters. The third-order valence-electron chi connectivity index (χ3n) is 18.9. The van der Waals surface area contributed by atoms with Crippen molar-refractivity contribution in [2.24, 2.45) is 5.92 Å². The number of aliphatic hydroxyl groups is 1. The zero-order valence-electron chi connectivity index (χ0n) is 66.2. The minimum absolute atomic E-state index is 0.0844. The minimum atomic E-state index is -4.97. The molecule has 0 aromatic carbocycles. The SMILES string of the molecule is CCCCCC/C=C\C=C/CCCCCCCC(=O)O[C@H](COC(=O)CCCCCCCCC(C)C)COP(=O)(O)OC[C@H](O)COP(=O)(O)OC[C@@H](COC(=O)CCCCCCCCCCCCCCCCCCCC)OC(=O)CCCCCCCCCCCCCCCCCCCCCC. The third kappa shape index (κ3) is 75.8. The van der Waals surface area contributed by atoms with Crippen molar-refractivity contribution in [1.29, 1.82) is 0 Å². The third-order valence-corrected chi connectivity index (χ3v) is 20.8. The van der Waals surface area contributed by atoms with Gasteiger partial charge >= 0.3 is 39.5 Å². The number of unbranched alkanes of at least 4 members (excludes halogenated alkanes) is 50. The predicted molar refractivity (Wildman–Crippen MR) is 418 cm³/mol. The van der Waals surface area contributed by atoms with E-state index >= 15 is 0 Å². The zero-order chi connectivity index (χ0) is 74.8. The van der Waals surface area contributed by atoms with E-state index in [1.54, 1.807) is 0 Å². The van der Waals surface area contributed by atoms with Gasteiger partial charge in [-0.05, 0) is 57.3 Å². The van der Waals surface area contributed by atoms with Gasteiger partial charge in [0.25, 0.3) is 0 Å². The molecule has 0 fully saturated rings. The van der Waals surface area contributed by atoms with Gasteiger partial charge < -0.3 is 33.8 Å². The van der Waals surface area contributed by atoms with Gasteiger partial charge in [-0.2, -0.15) is 0 Å². The standard InChI is InChI=1S/C83H158O17P2/c1-6-9-12-15-18-21-24-27-30-32-34-35-37-40-43-46-49-52-59-64-68-82(87)99-78(72-93-80(85)66-61-56-50-47-44-41-39-36-33-31-28-25-22-19-16-13-10-7-2)74-97-101(89,90)95-70-77(84)71-96-102(91,92)98-75-79(73-94-81(86)67-62-57-54-53-55-60-65-76(4)5)100-83(88)69-63-58-51-48-45-42-38-29-26-23-20-17-14-11-8-3/h23,26,29,38,76-79,84H,6-22,24-25,27-28,30-37,39-75H2,1-5H3,(H,89,90)(H,91,92)/b26-23-,38-29-/t77-,78-,79-/m1/s1. The van der Waals surface area contributed by atoms with Gasteiger partial charge in [-0.1, -0.05) is 367 Å². The fourth-order valence-electron chi connectivity index (χ4n) is 12.4. The maximum atomic E-state index is 13.1. The molecule has 0 saturated carbocycles. The van der Waals surface area contributed by atoms with E-state index in [0.29, 0.717) is 31.6 Å². The summed E-state index contributed by atoms with van der Waals surface area (Å²) in [6.07, 6.45) is 70.5. The molecule has 0 radical (unpaired) electrons. The first-order chi connectivity index (χ1) is 49.5. The van der Waals surface area contributed by atoms with Crippen molar-refractivity contribution >= 4 is 39.5 Å². The van der Waals surface area contributed by atoms with Crippen molar-refractivity contribution in [3.05, 3.63) is 24.3 Å². The van der Waals surface area contributed by atoms with Crippen LogP contribution >= 0.6 is 15.6 Å². The molecule has 102 heavy (non-hydrogen) atoms. The highest BCUT2D eigenvalue weighted by Gasteiger charge is 2.30. The van der Waals surface area contributed by atoms with Crippen molar-refractivity contribution in [2.45, 2.75) is 438 Å². The van der Waals surface area contributed by atoms with Crippen molar-refractivity contribution in [1.82, 2.24) is 0 Å². The van der Waals surface area contributed by atoms with Gasteiger partial charge in [0.05, 0.1) is 26.4 Å². The Bertz CT molecular complexity index is 2040. The Kier molecular flexibility index (Phi) is 73.5. The molecule has 0 bridgehead atoms. The Hall–Kier alpha value is -2.46. The topological polar surface area (TPSA) is 237 Å². The molecular weight excluding hydrogens is 1330 g/mol. The van der Waals surface area contributed by atoms with E-state index in [1.165, 1.54) is 225 Å². The summed E-state index contributed by atoms with van der Waals surface area (Å²) in [4.78, 5) is 73.0. The largest absolute Gasteiger partial charge is 0.472 e. The van der Waals surface area contributed by atoms with Crippen LogP contribution in [0, 0.1) is 5.92 Å². The van der Waals surface area contributed by atoms with Gasteiger partial charge in [-0.15, -0.1) is 0 Å². The van der Waals surface area contributed by atoms with E-state index in [-0.39, 0.29) is 25.7 Å². The smallest absolute Gasteiger partial charge is 0.462 e. The molecule has 0 amide bonds. The summed E-state index contributed by atoms with van der Waals surface area (Å²) in [6.45, 7) is 7.19. The van der Waals surface area contributed by atoms with E-state index in [0.717, 1.165) is 109 Å². The first kappa shape index (κ1) is 99.5. The molecule has 19 heteroatoms. The summed E-state index contributed by atoms with van der Waals surface area (Å²) in [5.41, 5.74) is 0. The first-order valence-corrected chi connectivity index (χ1v) is 45.4. The number of esters is 4. The van der Waals surface area contributed by atoms with Crippen LogP contribution in [0.15, 0.2) is 24.3 Å². The van der Waals surface area contributed by atoms with E-state index in [9.17, 15) is 43.2 Å². The molecule has 5 atom stereocenters. The number of aliphatic hydroxyl groups excluding tert-OH is 1. The van der Waals surface area contributed by atoms with Crippen LogP contribution < -0.4 is 0 Å². The molecule has 0 aliphatic rings. The van der Waals surface area contributed by atoms with Crippen LogP contribution in [0.25, 0.3) is 0 Å². The Balaban J connectivity index is 5.24. The highest BCUT2D eigenvalue weighted by molar-refractivity contribution is 7.47. The number of hydrogen-bond donors (Lipinski definition) is 3. The Morgan fingerprint density at radius 2 is 0.529 bits per heavy atom. The van der Waals surface area contributed by atoms with Gasteiger partial charge in [0.2, 0.25) is 0 Å². The molecular formula is C83H158O17P2. The second-order valence-corrected chi connectivity index (χ2v) is 32.6. The maximum Gasteiger partial charge on any atom is 0.472 e. The van der Waals surface area contributed by atoms with Crippen LogP contribution in [-0.2, 0) is 65.4 Å². The molecule has 0 saturated heterocycles. The lowest BCUT2D eigenvalue weighted by Gasteiger charge is -2.21. The molecule has 0 rings (SSSR count). The summed E-state index contributed by atoms with van der Waals surface area (Å²) >= 11 is 0. The summed E-state index contributed by atoms with van der Waals surface area (Å²) in [6, 6.07) is 0. The van der Waals surface area contributed by atoms with Crippen molar-refractivity contribution < 1.29 is 80.2 Å². The fraction of sp³-hybridized carbons (Fsp3) is 0.904. The molecule has 3 N–H and O–H groups in total. The second-order valence-electron chi connectivity index (χ2n) is 29.7. The average molecular weight is 1490 g/mol. The van der Waals surface area contributed by atoms with Gasteiger partial charge in [0, 0.05) is 25.7 Å². The Labute approximate surface area is 624 Å². The second kappa shape index (κ2) is 75.4. The number of carbonyl (C=O) groups excluding carboxylic acids is 4. The molecule has 0 aromatic rings. The number of ether oxygens (including phenoxy) is 4. The lowest BCUT2D eigenvalue weighted by molar-refractivity contribution is -0.161. The fourth-order valence-corrected chi connectivity index (χ4v) is 14.0. The van der Waals surface area contributed by atoms with Gasteiger partial charge in [-0.3, -0.25) is 37.3 Å².